The van der Waals surface area contributed by atoms with E-state index in [1.54, 1.807) is 9.36 Å². The predicted octanol–water partition coefficient (Wildman–Crippen LogP) is -0.344. The van der Waals surface area contributed by atoms with Crippen LogP contribution in [0.15, 0.2) is 6.07 Å². The molecule has 2 rings (SSSR count). The van der Waals surface area contributed by atoms with Crippen LogP contribution in [0.25, 0.3) is 0 Å². The second kappa shape index (κ2) is 5.83. The molecule has 0 bridgehead atoms. The summed E-state index contributed by atoms with van der Waals surface area (Å²) < 4.78 is 8.14. The average Bonchev–Trinajstić information content (AvgIpc) is 2.94. The molecule has 0 radical (unpaired) electrons. The van der Waals surface area contributed by atoms with E-state index in [0.29, 0.717) is 25.2 Å². The molecule has 2 N–H and O–H groups in total. The minimum atomic E-state index is -0.499. The quantitative estimate of drug-likeness (QED) is 0.751. The molecule has 0 aromatic carbocycles. The largest absolute Gasteiger partial charge is 0.464 e. The first-order valence-corrected chi connectivity index (χ1v) is 6.27. The molecule has 0 aliphatic carbocycles. The third kappa shape index (κ3) is 2.69. The maximum atomic E-state index is 11.6. The first kappa shape index (κ1) is 14.2. The van der Waals surface area contributed by atoms with Gasteiger partial charge in [0.2, 0.25) is 0 Å². The molecule has 8 heteroatoms. The monoisotopic (exact) mass is 278 g/mol. The highest BCUT2D eigenvalue weighted by molar-refractivity contribution is 5.88. The number of ether oxygens (including phenoxy) is 1. The van der Waals surface area contributed by atoms with E-state index in [0.717, 1.165) is 11.4 Å². The number of aryl methyl sites for hydroxylation is 2. The molecule has 0 aliphatic rings. The Labute approximate surface area is 116 Å². The van der Waals surface area contributed by atoms with Crippen LogP contribution in [0, 0.1) is 6.92 Å². The van der Waals surface area contributed by atoms with Crippen LogP contribution >= 0.6 is 0 Å². The van der Waals surface area contributed by atoms with Crippen molar-refractivity contribution in [3.05, 3.63) is 28.8 Å². The predicted molar refractivity (Wildman–Crippen MR) is 71.2 cm³/mol. The molecule has 0 spiro atoms. The van der Waals surface area contributed by atoms with Gasteiger partial charge >= 0.3 is 5.97 Å². The summed E-state index contributed by atoms with van der Waals surface area (Å²) in [6.45, 7) is 2.81. The second-order valence-corrected chi connectivity index (χ2v) is 4.47. The van der Waals surface area contributed by atoms with Crippen LogP contribution in [-0.2, 0) is 24.8 Å². The van der Waals surface area contributed by atoms with Crippen LogP contribution in [0.3, 0.4) is 0 Å². The highest BCUT2D eigenvalue weighted by Gasteiger charge is 2.20. The zero-order chi connectivity index (χ0) is 14.7. The lowest BCUT2D eigenvalue weighted by Crippen LogP contribution is -2.15. The first-order chi connectivity index (χ1) is 9.56. The van der Waals surface area contributed by atoms with Crippen molar-refractivity contribution in [3.63, 3.8) is 0 Å². The minimum absolute atomic E-state index is 0.219. The van der Waals surface area contributed by atoms with Crippen LogP contribution in [-0.4, -0.2) is 44.4 Å². The zero-order valence-corrected chi connectivity index (χ0v) is 11.8. The molecular formula is C12H18N6O2. The van der Waals surface area contributed by atoms with E-state index in [2.05, 4.69) is 15.4 Å². The van der Waals surface area contributed by atoms with Crippen LogP contribution in [0.5, 0.6) is 0 Å². The molecule has 2 heterocycles. The van der Waals surface area contributed by atoms with Gasteiger partial charge in [0, 0.05) is 13.5 Å². The van der Waals surface area contributed by atoms with Crippen molar-refractivity contribution < 1.29 is 9.53 Å². The Hall–Kier alpha value is -2.22. The summed E-state index contributed by atoms with van der Waals surface area (Å²) in [5, 5.41) is 12.2. The zero-order valence-electron chi connectivity index (χ0n) is 11.8. The van der Waals surface area contributed by atoms with Gasteiger partial charge in [0.1, 0.15) is 0 Å². The Bertz CT molecular complexity index is 615. The van der Waals surface area contributed by atoms with Gasteiger partial charge in [-0.2, -0.15) is 5.10 Å². The minimum Gasteiger partial charge on any atom is -0.464 e. The smallest absolute Gasteiger partial charge is 0.360 e. The Kier molecular flexibility index (Phi) is 4.14. The van der Waals surface area contributed by atoms with Gasteiger partial charge in [-0.15, -0.1) is 5.10 Å². The van der Waals surface area contributed by atoms with Gasteiger partial charge in [-0.25, -0.2) is 9.48 Å². The fraction of sp³-hybridized carbons (Fsp3) is 0.500. The highest BCUT2D eigenvalue weighted by atomic mass is 16.5. The van der Waals surface area contributed by atoms with Crippen molar-refractivity contribution in [3.8, 4) is 0 Å². The molecule has 0 aliphatic heterocycles. The van der Waals surface area contributed by atoms with Crippen LogP contribution < -0.4 is 5.73 Å². The van der Waals surface area contributed by atoms with E-state index in [4.69, 9.17) is 10.5 Å². The van der Waals surface area contributed by atoms with Gasteiger partial charge in [-0.1, -0.05) is 5.21 Å². The fourth-order valence-corrected chi connectivity index (χ4v) is 2.06. The van der Waals surface area contributed by atoms with E-state index < -0.39 is 5.97 Å². The fourth-order valence-electron chi connectivity index (χ4n) is 2.06. The molecule has 0 atom stereocenters. The topological polar surface area (TPSA) is 101 Å². The van der Waals surface area contributed by atoms with Gasteiger partial charge in [0.05, 0.1) is 30.7 Å². The Morgan fingerprint density at radius 3 is 2.80 bits per heavy atom. The van der Waals surface area contributed by atoms with Gasteiger partial charge in [0.15, 0.2) is 5.69 Å². The molecule has 108 valence electrons. The number of carbonyl (C=O) groups excluding carboxylic acids is 1. The molecular weight excluding hydrogens is 260 g/mol. The Balaban J connectivity index is 2.34. The number of rotatable bonds is 5. The third-order valence-electron chi connectivity index (χ3n) is 3.01. The highest BCUT2D eigenvalue weighted by Crippen LogP contribution is 2.11. The van der Waals surface area contributed by atoms with Crippen molar-refractivity contribution in [2.24, 2.45) is 12.8 Å². The molecule has 0 fully saturated rings. The molecule has 2 aromatic rings. The summed E-state index contributed by atoms with van der Waals surface area (Å²) in [4.78, 5) is 11.6. The van der Waals surface area contributed by atoms with E-state index in [1.165, 1.54) is 7.11 Å². The molecule has 0 unspecified atom stereocenters. The van der Waals surface area contributed by atoms with Gasteiger partial charge in [-0.05, 0) is 19.5 Å². The molecule has 0 amide bonds. The number of carbonyl (C=O) groups is 1. The lowest BCUT2D eigenvalue weighted by atomic mass is 10.2. The molecule has 20 heavy (non-hydrogen) atoms. The maximum Gasteiger partial charge on any atom is 0.360 e. The number of aromatic nitrogens is 5. The number of nitrogens with two attached hydrogens (primary N) is 1. The van der Waals surface area contributed by atoms with E-state index >= 15 is 0 Å². The van der Waals surface area contributed by atoms with Crippen LogP contribution in [0.4, 0.5) is 0 Å². The van der Waals surface area contributed by atoms with Gasteiger partial charge in [-0.3, -0.25) is 4.68 Å². The van der Waals surface area contributed by atoms with Crippen molar-refractivity contribution in [2.45, 2.75) is 19.9 Å². The summed E-state index contributed by atoms with van der Waals surface area (Å²) >= 11 is 0. The number of hydrogen-bond acceptors (Lipinski definition) is 6. The first-order valence-electron chi connectivity index (χ1n) is 6.27. The lowest BCUT2D eigenvalue weighted by molar-refractivity contribution is 0.0592. The summed E-state index contributed by atoms with van der Waals surface area (Å²) in [7, 11) is 3.18. The summed E-state index contributed by atoms with van der Waals surface area (Å²) in [5.74, 6) is -0.499. The third-order valence-corrected chi connectivity index (χ3v) is 3.01. The van der Waals surface area contributed by atoms with Gasteiger partial charge in [0.25, 0.3) is 0 Å². The van der Waals surface area contributed by atoms with E-state index in [9.17, 15) is 4.79 Å². The SMILES string of the molecule is COC(=O)c1nnn(Cc2cc(C)nn2C)c1CCN. The summed E-state index contributed by atoms with van der Waals surface area (Å²) in [6.07, 6.45) is 0.508. The number of methoxy groups -OCH3 is 1. The van der Waals surface area contributed by atoms with Crippen molar-refractivity contribution in [2.75, 3.05) is 13.7 Å². The van der Waals surface area contributed by atoms with Crippen molar-refractivity contribution >= 4 is 5.97 Å². The Morgan fingerprint density at radius 2 is 2.25 bits per heavy atom. The van der Waals surface area contributed by atoms with E-state index in [-0.39, 0.29) is 5.69 Å². The number of esters is 1. The Morgan fingerprint density at radius 1 is 1.50 bits per heavy atom. The second-order valence-electron chi connectivity index (χ2n) is 4.47. The molecule has 2 aromatic heterocycles. The summed E-state index contributed by atoms with van der Waals surface area (Å²) in [6, 6.07) is 1.96. The van der Waals surface area contributed by atoms with Crippen molar-refractivity contribution in [1.82, 2.24) is 24.8 Å². The standard InChI is InChI=1S/C12H18N6O2/c1-8-6-9(17(2)15-8)7-18-10(4-5-13)11(14-16-18)12(19)20-3/h6H,4-5,7,13H2,1-3H3. The average molecular weight is 278 g/mol. The van der Waals surface area contributed by atoms with Gasteiger partial charge < -0.3 is 10.5 Å². The number of hydrogen-bond donors (Lipinski definition) is 1. The molecule has 8 nitrogen and oxygen atoms in total. The number of nitrogens with zero attached hydrogens (tertiary/aromatic N) is 5. The maximum absolute atomic E-state index is 11.6. The van der Waals surface area contributed by atoms with Crippen molar-refractivity contribution in [1.29, 1.82) is 0 Å². The summed E-state index contributed by atoms with van der Waals surface area (Å²) in [5.41, 5.74) is 8.39. The van der Waals surface area contributed by atoms with Crippen LogP contribution in [0.2, 0.25) is 0 Å². The lowest BCUT2D eigenvalue weighted by Gasteiger charge is -2.06. The normalized spacial score (nSPS) is 10.8. The molecule has 0 saturated carbocycles. The molecule has 0 saturated heterocycles. The van der Waals surface area contributed by atoms with E-state index in [1.807, 2.05) is 20.0 Å². The van der Waals surface area contributed by atoms with Crippen LogP contribution in [0.1, 0.15) is 27.6 Å².